The molecule has 3 N–H and O–H groups in total. The third-order valence-electron chi connectivity index (χ3n) is 3.56. The van der Waals surface area contributed by atoms with Gasteiger partial charge >= 0.3 is 11.9 Å². The van der Waals surface area contributed by atoms with Crippen LogP contribution in [0.25, 0.3) is 0 Å². The lowest BCUT2D eigenvalue weighted by Gasteiger charge is -2.21. The summed E-state index contributed by atoms with van der Waals surface area (Å²) in [7, 11) is 1.16. The van der Waals surface area contributed by atoms with Gasteiger partial charge in [0.25, 0.3) is 0 Å². The minimum atomic E-state index is -1.35. The number of halogens is 1. The Bertz CT molecular complexity index is 679. The average molecular weight is 368 g/mol. The monoisotopic (exact) mass is 368 g/mol. The molecule has 0 unspecified atom stereocenters. The average Bonchev–Trinajstić information content (AvgIpc) is 2.58. The van der Waals surface area contributed by atoms with Crippen LogP contribution >= 0.6 is 0 Å². The Balaban J connectivity index is 2.86. The third kappa shape index (κ3) is 6.88. The largest absolute Gasteiger partial charge is 0.480 e. The Labute approximate surface area is 149 Å². The minimum Gasteiger partial charge on any atom is -0.480 e. The zero-order valence-electron chi connectivity index (χ0n) is 14.5. The molecule has 1 aromatic rings. The third-order valence-corrected chi connectivity index (χ3v) is 3.56. The van der Waals surface area contributed by atoms with Gasteiger partial charge in [-0.05, 0) is 18.1 Å². The van der Waals surface area contributed by atoms with Crippen molar-refractivity contribution in [2.45, 2.75) is 38.3 Å². The number of amides is 2. The fourth-order valence-electron chi connectivity index (χ4n) is 2.23. The zero-order valence-corrected chi connectivity index (χ0v) is 14.5. The second-order valence-corrected chi connectivity index (χ2v) is 5.56. The van der Waals surface area contributed by atoms with Crippen molar-refractivity contribution in [2.24, 2.45) is 0 Å². The molecule has 0 fully saturated rings. The number of carboxylic acids is 1. The molecule has 0 saturated carbocycles. The quantitative estimate of drug-likeness (QED) is 0.542. The van der Waals surface area contributed by atoms with Gasteiger partial charge in [0.15, 0.2) is 0 Å². The van der Waals surface area contributed by atoms with Crippen LogP contribution in [0.1, 0.15) is 25.3 Å². The van der Waals surface area contributed by atoms with Crippen LogP contribution in [0, 0.1) is 5.82 Å². The number of methoxy groups -OCH3 is 1. The molecule has 0 saturated heterocycles. The van der Waals surface area contributed by atoms with Gasteiger partial charge in [0.05, 0.1) is 7.11 Å². The second-order valence-electron chi connectivity index (χ2n) is 5.56. The maximum atomic E-state index is 13.8. The van der Waals surface area contributed by atoms with Crippen LogP contribution < -0.4 is 10.6 Å². The van der Waals surface area contributed by atoms with Crippen molar-refractivity contribution in [2.75, 3.05) is 7.11 Å². The number of aliphatic carboxylic acids is 1. The molecular weight excluding hydrogens is 347 g/mol. The van der Waals surface area contributed by atoms with Gasteiger partial charge in [-0.3, -0.25) is 14.4 Å². The van der Waals surface area contributed by atoms with E-state index in [4.69, 9.17) is 0 Å². The molecule has 0 aromatic heterocycles. The molecule has 0 aliphatic heterocycles. The summed E-state index contributed by atoms with van der Waals surface area (Å²) in [6.07, 6.45) is -0.534. The fourth-order valence-corrected chi connectivity index (χ4v) is 2.23. The summed E-state index contributed by atoms with van der Waals surface area (Å²) in [4.78, 5) is 46.2. The van der Waals surface area contributed by atoms with E-state index >= 15 is 0 Å². The normalized spacial score (nSPS) is 12.6. The van der Waals surface area contributed by atoms with Gasteiger partial charge < -0.3 is 20.5 Å². The molecule has 0 bridgehead atoms. The first-order chi connectivity index (χ1) is 12.2. The molecule has 1 rings (SSSR count). The van der Waals surface area contributed by atoms with Gasteiger partial charge in [-0.15, -0.1) is 0 Å². The van der Waals surface area contributed by atoms with Crippen molar-refractivity contribution in [1.29, 1.82) is 0 Å². The zero-order chi connectivity index (χ0) is 19.7. The van der Waals surface area contributed by atoms with Crippen molar-refractivity contribution in [1.82, 2.24) is 10.6 Å². The van der Waals surface area contributed by atoms with E-state index in [1.165, 1.54) is 25.1 Å². The maximum Gasteiger partial charge on any atom is 0.326 e. The van der Waals surface area contributed by atoms with Crippen LogP contribution in [0.2, 0.25) is 0 Å². The van der Waals surface area contributed by atoms with Gasteiger partial charge in [-0.1, -0.05) is 18.2 Å². The topological polar surface area (TPSA) is 122 Å². The summed E-state index contributed by atoms with van der Waals surface area (Å²) >= 11 is 0. The molecule has 142 valence electrons. The highest BCUT2D eigenvalue weighted by Crippen LogP contribution is 2.10. The van der Waals surface area contributed by atoms with Crippen LogP contribution in [-0.2, 0) is 30.3 Å². The molecule has 1 aromatic carbocycles. The number of hydrogen-bond acceptors (Lipinski definition) is 5. The first kappa shape index (κ1) is 21.1. The van der Waals surface area contributed by atoms with E-state index in [0.717, 1.165) is 7.11 Å². The number of carbonyl (C=O) groups is 4. The molecule has 26 heavy (non-hydrogen) atoms. The number of ether oxygens (including phenoxy) is 1. The summed E-state index contributed by atoms with van der Waals surface area (Å²) in [5.74, 6) is -3.82. The lowest BCUT2D eigenvalue weighted by Crippen LogP contribution is -2.52. The van der Waals surface area contributed by atoms with E-state index in [2.05, 4.69) is 15.4 Å². The molecule has 2 amide bonds. The summed E-state index contributed by atoms with van der Waals surface area (Å²) in [6, 6.07) is 3.23. The highest BCUT2D eigenvalue weighted by atomic mass is 19.1. The Morgan fingerprint density at radius 1 is 1.15 bits per heavy atom. The summed E-state index contributed by atoms with van der Waals surface area (Å²) in [5, 5.41) is 13.8. The first-order valence-electron chi connectivity index (χ1n) is 7.85. The van der Waals surface area contributed by atoms with Crippen LogP contribution in [0.4, 0.5) is 4.39 Å². The highest BCUT2D eigenvalue weighted by molar-refractivity contribution is 5.90. The maximum absolute atomic E-state index is 13.8. The van der Waals surface area contributed by atoms with Gasteiger partial charge in [0, 0.05) is 19.8 Å². The summed E-state index contributed by atoms with van der Waals surface area (Å²) in [6.45, 7) is 1.19. The lowest BCUT2D eigenvalue weighted by atomic mass is 10.0. The molecule has 0 aliphatic rings. The Kier molecular flexibility index (Phi) is 8.20. The van der Waals surface area contributed by atoms with Gasteiger partial charge in [-0.2, -0.15) is 0 Å². The van der Waals surface area contributed by atoms with E-state index in [0.29, 0.717) is 0 Å². The van der Waals surface area contributed by atoms with Crippen molar-refractivity contribution >= 4 is 23.8 Å². The Morgan fingerprint density at radius 3 is 2.35 bits per heavy atom. The number of nitrogens with one attached hydrogen (secondary N) is 2. The molecule has 0 heterocycles. The molecule has 0 spiro atoms. The summed E-state index contributed by atoms with van der Waals surface area (Å²) in [5.41, 5.74) is 0.197. The minimum absolute atomic E-state index is 0.151. The number of rotatable bonds is 9. The predicted molar refractivity (Wildman–Crippen MR) is 88.5 cm³/mol. The van der Waals surface area contributed by atoms with E-state index in [-0.39, 0.29) is 24.8 Å². The molecule has 8 nitrogen and oxygen atoms in total. The number of esters is 1. The number of carboxylic acid groups (broad SMARTS) is 1. The van der Waals surface area contributed by atoms with E-state index in [1.54, 1.807) is 6.07 Å². The van der Waals surface area contributed by atoms with Crippen LogP contribution in [0.5, 0.6) is 0 Å². The Morgan fingerprint density at radius 2 is 1.81 bits per heavy atom. The Hall–Kier alpha value is -2.97. The van der Waals surface area contributed by atoms with Crippen LogP contribution in [0.15, 0.2) is 24.3 Å². The van der Waals surface area contributed by atoms with Crippen molar-refractivity contribution in [3.05, 3.63) is 35.6 Å². The predicted octanol–water partition coefficient (Wildman–Crippen LogP) is 0.395. The smallest absolute Gasteiger partial charge is 0.326 e. The molecule has 0 aliphatic carbocycles. The number of benzene rings is 1. The lowest BCUT2D eigenvalue weighted by molar-refractivity contribution is -0.144. The standard InChI is InChI=1S/C17H21FN2O6/c1-10(21)19-14(9-11-5-3-4-6-12(11)18)16(23)20-13(17(24)25)7-8-15(22)26-2/h3-6,13-14H,7-9H2,1-2H3,(H,19,21)(H,20,23)(H,24,25)/t13-,14-/m0/s1. The van der Waals surface area contributed by atoms with Crippen molar-refractivity contribution in [3.63, 3.8) is 0 Å². The van der Waals surface area contributed by atoms with Gasteiger partial charge in [-0.25, -0.2) is 9.18 Å². The van der Waals surface area contributed by atoms with E-state index in [1.807, 2.05) is 0 Å². The van der Waals surface area contributed by atoms with Crippen LogP contribution in [-0.4, -0.2) is 48.1 Å². The number of hydrogen-bond donors (Lipinski definition) is 3. The number of carbonyl (C=O) groups excluding carboxylic acids is 3. The molecule has 0 radical (unpaired) electrons. The van der Waals surface area contributed by atoms with Crippen molar-refractivity contribution in [3.8, 4) is 0 Å². The van der Waals surface area contributed by atoms with E-state index in [9.17, 15) is 28.7 Å². The van der Waals surface area contributed by atoms with Gasteiger partial charge in [0.2, 0.25) is 11.8 Å². The SMILES string of the molecule is COC(=O)CC[C@H](NC(=O)[C@H](Cc1ccccc1F)NC(C)=O)C(=O)O. The van der Waals surface area contributed by atoms with Crippen LogP contribution in [0.3, 0.4) is 0 Å². The van der Waals surface area contributed by atoms with E-state index < -0.39 is 41.7 Å². The second kappa shape index (κ2) is 10.1. The molecule has 9 heteroatoms. The molecule has 2 atom stereocenters. The van der Waals surface area contributed by atoms with Crippen molar-refractivity contribution < 1.29 is 33.4 Å². The summed E-state index contributed by atoms with van der Waals surface area (Å²) < 4.78 is 18.2. The molecular formula is C17H21FN2O6. The fraction of sp³-hybridized carbons (Fsp3) is 0.412. The highest BCUT2D eigenvalue weighted by Gasteiger charge is 2.27. The van der Waals surface area contributed by atoms with Gasteiger partial charge in [0.1, 0.15) is 17.9 Å². The first-order valence-corrected chi connectivity index (χ1v) is 7.85.